The summed E-state index contributed by atoms with van der Waals surface area (Å²) in [6.07, 6.45) is 0. The van der Waals surface area contributed by atoms with Crippen molar-refractivity contribution in [3.63, 3.8) is 0 Å². The molecule has 228 valence electrons. The van der Waals surface area contributed by atoms with Crippen LogP contribution in [-0.2, 0) is 23.5 Å². The van der Waals surface area contributed by atoms with Crippen molar-refractivity contribution >= 4 is 30.4 Å². The Balaban J connectivity index is 1.49. The number of rotatable bonds is 8. The molecule has 0 spiro atoms. The third-order valence-corrected chi connectivity index (χ3v) is 15.1. The standard InChI is InChI=1S/C39H41IO3S/c1-38(2,3)32-19-23-34(24-20-32)40(35-25-21-33(22-26-35)39(4,5)6)43-44(41,42)36-27-17-31(18-28-36)37(29-13-9-7-10-14-29)30-15-11-8-12-16-30/h7-28,37H,1-6H3. The molecule has 5 rings (SSSR count). The van der Waals surface area contributed by atoms with E-state index < -0.39 is 30.4 Å². The molecule has 5 heteroatoms. The zero-order valence-corrected chi connectivity index (χ0v) is 29.3. The topological polar surface area (TPSA) is 43.4 Å². The first-order valence-corrected chi connectivity index (χ1v) is 19.3. The summed E-state index contributed by atoms with van der Waals surface area (Å²) in [5.74, 6) is -0.0129. The minimum atomic E-state index is -4.03. The Morgan fingerprint density at radius 2 is 0.864 bits per heavy atom. The van der Waals surface area contributed by atoms with Crippen LogP contribution in [0.15, 0.2) is 138 Å². The van der Waals surface area contributed by atoms with Crippen LogP contribution in [0.1, 0.15) is 75.3 Å². The number of hydrogen-bond acceptors (Lipinski definition) is 3. The first kappa shape index (κ1) is 32.1. The summed E-state index contributed by atoms with van der Waals surface area (Å²) in [6, 6.07) is 44.4. The van der Waals surface area contributed by atoms with E-state index in [4.69, 9.17) is 2.51 Å². The molecule has 3 nitrogen and oxygen atoms in total. The third-order valence-electron chi connectivity index (χ3n) is 7.73. The Kier molecular flexibility index (Phi) is 9.49. The molecule has 0 N–H and O–H groups in total. The maximum atomic E-state index is 13.9. The van der Waals surface area contributed by atoms with Crippen LogP contribution < -0.4 is 0 Å². The molecule has 0 atom stereocenters. The second-order valence-electron chi connectivity index (χ2n) is 13.1. The van der Waals surface area contributed by atoms with Gasteiger partial charge >= 0.3 is 273 Å². The van der Waals surface area contributed by atoms with E-state index in [0.29, 0.717) is 0 Å². The van der Waals surface area contributed by atoms with Crippen molar-refractivity contribution in [2.45, 2.75) is 63.2 Å². The SMILES string of the molecule is CC(C)(C)c1ccc(I(OS(=O)(=O)c2ccc(C(c3ccccc3)c3ccccc3)cc2)c2ccc(C(C)(C)C)cc2)cc1. The van der Waals surface area contributed by atoms with Gasteiger partial charge in [-0.2, -0.15) is 0 Å². The van der Waals surface area contributed by atoms with Crippen molar-refractivity contribution < 1.29 is 10.9 Å². The molecule has 0 amide bonds. The summed E-state index contributed by atoms with van der Waals surface area (Å²) in [6.45, 7) is 13.0. The van der Waals surface area contributed by atoms with E-state index in [2.05, 4.69) is 90.1 Å². The molecule has 44 heavy (non-hydrogen) atoms. The number of benzene rings is 5. The van der Waals surface area contributed by atoms with Crippen LogP contribution in [0.5, 0.6) is 0 Å². The molecule has 0 aliphatic carbocycles. The van der Waals surface area contributed by atoms with Gasteiger partial charge in [-0.1, -0.05) is 0 Å². The van der Waals surface area contributed by atoms with Gasteiger partial charge in [-0.15, -0.1) is 0 Å². The van der Waals surface area contributed by atoms with Crippen LogP contribution in [0.4, 0.5) is 0 Å². The normalized spacial score (nSPS) is 12.8. The van der Waals surface area contributed by atoms with Crippen molar-refractivity contribution in [3.8, 4) is 0 Å². The van der Waals surface area contributed by atoms with Gasteiger partial charge in [-0.25, -0.2) is 0 Å². The van der Waals surface area contributed by atoms with Crippen LogP contribution in [0.3, 0.4) is 0 Å². The fourth-order valence-electron chi connectivity index (χ4n) is 5.14. The van der Waals surface area contributed by atoms with Gasteiger partial charge < -0.3 is 0 Å². The summed E-state index contributed by atoms with van der Waals surface area (Å²) in [5, 5.41) is 0. The quantitative estimate of drug-likeness (QED) is 0.119. The summed E-state index contributed by atoms with van der Waals surface area (Å²) in [5.41, 5.74) is 5.71. The van der Waals surface area contributed by atoms with Gasteiger partial charge in [0.25, 0.3) is 0 Å². The molecule has 0 saturated heterocycles. The Morgan fingerprint density at radius 3 is 1.23 bits per heavy atom. The molecule has 0 radical (unpaired) electrons. The van der Waals surface area contributed by atoms with Crippen molar-refractivity contribution in [1.29, 1.82) is 0 Å². The Bertz CT molecular complexity index is 1670. The number of hydrogen-bond donors (Lipinski definition) is 0. The second-order valence-corrected chi connectivity index (χ2v) is 19.6. The van der Waals surface area contributed by atoms with Crippen LogP contribution in [0.2, 0.25) is 0 Å². The average Bonchev–Trinajstić information content (AvgIpc) is 3.01. The van der Waals surface area contributed by atoms with Crippen molar-refractivity contribution in [1.82, 2.24) is 0 Å². The first-order chi connectivity index (χ1) is 20.8. The molecule has 0 aliphatic rings. The summed E-state index contributed by atoms with van der Waals surface area (Å²) < 4.78 is 35.9. The van der Waals surface area contributed by atoms with E-state index in [0.717, 1.165) is 23.8 Å². The molecule has 5 aromatic rings. The van der Waals surface area contributed by atoms with Gasteiger partial charge in [0.05, 0.1) is 0 Å². The first-order valence-electron chi connectivity index (χ1n) is 14.9. The molecular formula is C39H41IO3S. The Morgan fingerprint density at radius 1 is 0.500 bits per heavy atom. The zero-order valence-electron chi connectivity index (χ0n) is 26.3. The third kappa shape index (κ3) is 7.51. The summed E-state index contributed by atoms with van der Waals surface area (Å²) in [4.78, 5) is 0.168. The van der Waals surface area contributed by atoms with Gasteiger partial charge in [0.1, 0.15) is 0 Å². The van der Waals surface area contributed by atoms with E-state index in [1.807, 2.05) is 72.8 Å². The van der Waals surface area contributed by atoms with Crippen LogP contribution in [0, 0.1) is 7.14 Å². The van der Waals surface area contributed by atoms with Gasteiger partial charge in [-0.05, 0) is 0 Å². The fraction of sp³-hybridized carbons (Fsp3) is 0.231. The molecule has 0 aliphatic heterocycles. The molecule has 0 fully saturated rings. The predicted molar refractivity (Wildman–Crippen MR) is 190 cm³/mol. The fourth-order valence-corrected chi connectivity index (χ4v) is 12.0. The van der Waals surface area contributed by atoms with Gasteiger partial charge in [0.2, 0.25) is 0 Å². The van der Waals surface area contributed by atoms with Crippen molar-refractivity contribution in [3.05, 3.63) is 168 Å². The zero-order chi connectivity index (χ0) is 31.5. The van der Waals surface area contributed by atoms with Gasteiger partial charge in [0.15, 0.2) is 0 Å². The van der Waals surface area contributed by atoms with Crippen LogP contribution >= 0.6 is 20.2 Å². The van der Waals surface area contributed by atoms with Crippen molar-refractivity contribution in [2.75, 3.05) is 0 Å². The molecule has 0 heterocycles. The molecule has 0 saturated carbocycles. The van der Waals surface area contributed by atoms with E-state index in [1.54, 1.807) is 12.1 Å². The molecule has 0 aromatic heterocycles. The van der Waals surface area contributed by atoms with Crippen LogP contribution in [-0.4, -0.2) is 8.42 Å². The predicted octanol–water partition coefficient (Wildman–Crippen LogP) is 10.3. The Labute approximate surface area is 271 Å². The Hall–Kier alpha value is -3.26. The summed E-state index contributed by atoms with van der Waals surface area (Å²) >= 11 is -2.85. The molecular weight excluding hydrogens is 675 g/mol. The maximum absolute atomic E-state index is 13.9. The molecule has 0 unspecified atom stereocenters. The van der Waals surface area contributed by atoms with E-state index in [9.17, 15) is 8.42 Å². The molecule has 5 aromatic carbocycles. The molecule has 0 bridgehead atoms. The number of halogens is 1. The van der Waals surface area contributed by atoms with Crippen LogP contribution in [0.25, 0.3) is 0 Å². The van der Waals surface area contributed by atoms with Gasteiger partial charge in [0, 0.05) is 0 Å². The van der Waals surface area contributed by atoms with Gasteiger partial charge in [-0.3, -0.25) is 0 Å². The van der Waals surface area contributed by atoms with E-state index in [-0.39, 0.29) is 21.6 Å². The van der Waals surface area contributed by atoms with E-state index >= 15 is 0 Å². The minimum absolute atomic E-state index is 0.00202. The van der Waals surface area contributed by atoms with Crippen molar-refractivity contribution in [2.24, 2.45) is 0 Å². The summed E-state index contributed by atoms with van der Waals surface area (Å²) in [7, 11) is -4.03. The average molecular weight is 717 g/mol. The second kappa shape index (κ2) is 13.0. The monoisotopic (exact) mass is 716 g/mol. The van der Waals surface area contributed by atoms with E-state index in [1.165, 1.54) is 11.1 Å².